The summed E-state index contributed by atoms with van der Waals surface area (Å²) in [6.45, 7) is 2.42. The third kappa shape index (κ3) is 3.86. The molecule has 1 unspecified atom stereocenters. The fraction of sp³-hybridized carbons (Fsp3) is 0.500. The highest BCUT2D eigenvalue weighted by atomic mass is 16.6. The summed E-state index contributed by atoms with van der Waals surface area (Å²) in [6, 6.07) is 1.20. The number of morpholine rings is 1. The van der Waals surface area contributed by atoms with Gasteiger partial charge in [-0.25, -0.2) is 4.98 Å². The third-order valence-corrected chi connectivity index (χ3v) is 3.18. The lowest BCUT2D eigenvalue weighted by Gasteiger charge is -2.30. The average molecular weight is 295 g/mol. The number of nitrogens with two attached hydrogens (primary N) is 1. The molecule has 1 aliphatic heterocycles. The molecular weight excluding hydrogens is 278 g/mol. The topological polar surface area (TPSA) is 124 Å². The van der Waals surface area contributed by atoms with E-state index in [2.05, 4.69) is 15.2 Å². The van der Waals surface area contributed by atoms with Gasteiger partial charge in [0.05, 0.1) is 17.6 Å². The highest BCUT2D eigenvalue weighted by molar-refractivity contribution is 5.98. The van der Waals surface area contributed by atoms with E-state index in [1.165, 1.54) is 6.07 Å². The van der Waals surface area contributed by atoms with Crippen LogP contribution in [0.4, 0.5) is 11.5 Å². The van der Waals surface area contributed by atoms with Crippen molar-refractivity contribution in [3.8, 4) is 0 Å². The van der Waals surface area contributed by atoms with E-state index in [-0.39, 0.29) is 29.7 Å². The summed E-state index contributed by atoms with van der Waals surface area (Å²) in [7, 11) is 1.96. The molecule has 1 saturated heterocycles. The second-order valence-corrected chi connectivity index (χ2v) is 4.85. The zero-order valence-electron chi connectivity index (χ0n) is 11.6. The van der Waals surface area contributed by atoms with Crippen LogP contribution in [0, 0.1) is 10.1 Å². The molecule has 9 nitrogen and oxygen atoms in total. The smallest absolute Gasteiger partial charge is 0.300 e. The maximum atomic E-state index is 12.1. The number of rotatable bonds is 4. The van der Waals surface area contributed by atoms with Gasteiger partial charge >= 0.3 is 0 Å². The molecule has 1 amide bonds. The van der Waals surface area contributed by atoms with Crippen molar-refractivity contribution in [3.63, 3.8) is 0 Å². The number of carbonyl (C=O) groups excluding carboxylic acids is 1. The molecule has 114 valence electrons. The van der Waals surface area contributed by atoms with Crippen molar-refractivity contribution in [3.05, 3.63) is 27.9 Å². The number of ether oxygens (including phenoxy) is 1. The summed E-state index contributed by atoms with van der Waals surface area (Å²) in [5.74, 6) is -0.507. The Morgan fingerprint density at radius 2 is 2.48 bits per heavy atom. The molecule has 0 saturated carbocycles. The molecule has 9 heteroatoms. The highest BCUT2D eigenvalue weighted by Gasteiger charge is 2.23. The number of hydrogen-bond donors (Lipinski definition) is 2. The Morgan fingerprint density at radius 1 is 1.71 bits per heavy atom. The van der Waals surface area contributed by atoms with Gasteiger partial charge in [0.25, 0.3) is 11.6 Å². The van der Waals surface area contributed by atoms with Crippen LogP contribution in [0.1, 0.15) is 10.4 Å². The van der Waals surface area contributed by atoms with E-state index in [4.69, 9.17) is 10.5 Å². The Kier molecular flexibility index (Phi) is 4.66. The second kappa shape index (κ2) is 6.46. The number of nitrogens with zero attached hydrogens (tertiary/aromatic N) is 3. The van der Waals surface area contributed by atoms with E-state index < -0.39 is 10.8 Å². The van der Waals surface area contributed by atoms with Gasteiger partial charge in [0, 0.05) is 19.6 Å². The van der Waals surface area contributed by atoms with Gasteiger partial charge in [-0.15, -0.1) is 0 Å². The van der Waals surface area contributed by atoms with Crippen molar-refractivity contribution >= 4 is 17.4 Å². The summed E-state index contributed by atoms with van der Waals surface area (Å²) in [4.78, 5) is 28.0. The predicted molar refractivity (Wildman–Crippen MR) is 74.9 cm³/mol. The molecule has 0 aliphatic carbocycles. The van der Waals surface area contributed by atoms with Crippen molar-refractivity contribution in [1.82, 2.24) is 15.2 Å². The SMILES string of the molecule is CN1CCOC(CNC(=O)c2cc(N)ncc2[N+](=O)[O-])C1. The standard InChI is InChI=1S/C12H17N5O4/c1-16-2-3-21-8(7-16)5-15-12(18)9-4-11(13)14-6-10(9)17(19)20/h4,6,8H,2-3,5,7H2,1H3,(H2,13,14)(H,15,18). The van der Waals surface area contributed by atoms with E-state index in [1.54, 1.807) is 0 Å². The molecular formula is C12H17N5O4. The van der Waals surface area contributed by atoms with Crippen LogP contribution in [0.5, 0.6) is 0 Å². The van der Waals surface area contributed by atoms with Crippen molar-refractivity contribution in [2.45, 2.75) is 6.10 Å². The summed E-state index contributed by atoms with van der Waals surface area (Å²) in [5, 5.41) is 13.5. The molecule has 3 N–H and O–H groups in total. The van der Waals surface area contributed by atoms with E-state index in [9.17, 15) is 14.9 Å². The van der Waals surface area contributed by atoms with Gasteiger partial charge in [0.1, 0.15) is 17.6 Å². The number of carbonyl (C=O) groups is 1. The zero-order valence-corrected chi connectivity index (χ0v) is 11.6. The van der Waals surface area contributed by atoms with Crippen LogP contribution in [0.2, 0.25) is 0 Å². The van der Waals surface area contributed by atoms with Crippen molar-refractivity contribution in [1.29, 1.82) is 0 Å². The molecule has 2 rings (SSSR count). The molecule has 1 aromatic rings. The lowest BCUT2D eigenvalue weighted by Crippen LogP contribution is -2.46. The number of likely N-dealkylation sites (N-methyl/N-ethyl adjacent to an activating group) is 1. The first-order chi connectivity index (χ1) is 9.97. The largest absolute Gasteiger partial charge is 0.384 e. The Hall–Kier alpha value is -2.26. The molecule has 1 atom stereocenters. The number of amides is 1. The predicted octanol–water partition coefficient (Wildman–Crippen LogP) is -0.368. The first-order valence-electron chi connectivity index (χ1n) is 6.45. The number of hydrogen-bond acceptors (Lipinski definition) is 7. The fourth-order valence-electron chi connectivity index (χ4n) is 2.08. The highest BCUT2D eigenvalue weighted by Crippen LogP contribution is 2.18. The van der Waals surface area contributed by atoms with Crippen LogP contribution in [-0.2, 0) is 4.74 Å². The molecule has 1 fully saturated rings. The summed E-state index contributed by atoms with van der Waals surface area (Å²) < 4.78 is 5.51. The van der Waals surface area contributed by atoms with Crippen molar-refractivity contribution in [2.75, 3.05) is 39.0 Å². The van der Waals surface area contributed by atoms with Crippen LogP contribution < -0.4 is 11.1 Å². The number of nitrogen functional groups attached to an aromatic ring is 1. The van der Waals surface area contributed by atoms with Gasteiger partial charge < -0.3 is 20.7 Å². The maximum Gasteiger partial charge on any atom is 0.300 e. The average Bonchev–Trinajstić information content (AvgIpc) is 2.44. The number of aromatic nitrogens is 1. The molecule has 21 heavy (non-hydrogen) atoms. The van der Waals surface area contributed by atoms with Gasteiger partial charge in [0.2, 0.25) is 0 Å². The quantitative estimate of drug-likeness (QED) is 0.573. The first kappa shape index (κ1) is 15.1. The van der Waals surface area contributed by atoms with Crippen LogP contribution in [0.3, 0.4) is 0 Å². The minimum absolute atomic E-state index is 0.0550. The van der Waals surface area contributed by atoms with Crippen LogP contribution in [-0.4, -0.2) is 60.1 Å². The summed E-state index contributed by atoms with van der Waals surface area (Å²) >= 11 is 0. The molecule has 0 bridgehead atoms. The first-order valence-corrected chi connectivity index (χ1v) is 6.45. The lowest BCUT2D eigenvalue weighted by atomic mass is 10.2. The second-order valence-electron chi connectivity index (χ2n) is 4.85. The van der Waals surface area contributed by atoms with Gasteiger partial charge in [-0.2, -0.15) is 0 Å². The normalized spacial score (nSPS) is 19.2. The molecule has 1 aliphatic rings. The van der Waals surface area contributed by atoms with Gasteiger partial charge in [0.15, 0.2) is 0 Å². The Balaban J connectivity index is 2.03. The zero-order chi connectivity index (χ0) is 15.4. The van der Waals surface area contributed by atoms with E-state index in [0.717, 1.165) is 12.7 Å². The molecule has 0 aromatic carbocycles. The molecule has 2 heterocycles. The van der Waals surface area contributed by atoms with Crippen LogP contribution in [0.15, 0.2) is 12.3 Å². The minimum Gasteiger partial charge on any atom is -0.384 e. The fourth-order valence-corrected chi connectivity index (χ4v) is 2.08. The summed E-state index contributed by atoms with van der Waals surface area (Å²) in [6.07, 6.45) is 0.848. The number of anilines is 1. The molecule has 0 spiro atoms. The maximum absolute atomic E-state index is 12.1. The Morgan fingerprint density at radius 3 is 3.14 bits per heavy atom. The Labute approximate surface area is 121 Å². The van der Waals surface area contributed by atoms with E-state index in [1.807, 2.05) is 7.05 Å². The molecule has 1 aromatic heterocycles. The van der Waals surface area contributed by atoms with E-state index >= 15 is 0 Å². The van der Waals surface area contributed by atoms with Gasteiger partial charge in [-0.1, -0.05) is 0 Å². The van der Waals surface area contributed by atoms with Crippen LogP contribution >= 0.6 is 0 Å². The lowest BCUT2D eigenvalue weighted by molar-refractivity contribution is -0.385. The summed E-state index contributed by atoms with van der Waals surface area (Å²) in [5.41, 5.74) is 5.01. The van der Waals surface area contributed by atoms with Crippen molar-refractivity contribution < 1.29 is 14.5 Å². The monoisotopic (exact) mass is 295 g/mol. The van der Waals surface area contributed by atoms with Crippen LogP contribution in [0.25, 0.3) is 0 Å². The minimum atomic E-state index is -0.660. The number of pyridine rings is 1. The van der Waals surface area contributed by atoms with Gasteiger partial charge in [-0.05, 0) is 13.1 Å². The van der Waals surface area contributed by atoms with Crippen molar-refractivity contribution in [2.24, 2.45) is 0 Å². The van der Waals surface area contributed by atoms with Gasteiger partial charge in [-0.3, -0.25) is 14.9 Å². The Bertz CT molecular complexity index is 550. The number of nitrogens with one attached hydrogen (secondary N) is 1. The van der Waals surface area contributed by atoms with E-state index in [0.29, 0.717) is 13.2 Å². The third-order valence-electron chi connectivity index (χ3n) is 3.18. The number of nitro groups is 1. The molecule has 0 radical (unpaired) electrons.